The van der Waals surface area contributed by atoms with Gasteiger partial charge >= 0.3 is 0 Å². The van der Waals surface area contributed by atoms with Crippen molar-refractivity contribution in [2.45, 2.75) is 20.3 Å². The first-order valence-electron chi connectivity index (χ1n) is 7.33. The Balaban J connectivity index is 1.97. The fourth-order valence-corrected chi connectivity index (χ4v) is 3.26. The number of nitrogens with zero attached hydrogens (tertiary/aromatic N) is 1. The molecule has 0 bridgehead atoms. The molecule has 2 rings (SSSR count). The van der Waals surface area contributed by atoms with Crippen LogP contribution >= 0.6 is 11.6 Å². The van der Waals surface area contributed by atoms with Crippen LogP contribution in [0, 0.1) is 11.8 Å². The zero-order chi connectivity index (χ0) is 15.4. The van der Waals surface area contributed by atoms with E-state index in [1.165, 1.54) is 6.42 Å². The highest BCUT2D eigenvalue weighted by atomic mass is 35.5. The van der Waals surface area contributed by atoms with Crippen molar-refractivity contribution in [1.29, 1.82) is 0 Å². The van der Waals surface area contributed by atoms with Crippen molar-refractivity contribution in [1.82, 2.24) is 4.90 Å². The van der Waals surface area contributed by atoms with Crippen LogP contribution in [-0.2, 0) is 4.79 Å². The van der Waals surface area contributed by atoms with Crippen LogP contribution in [0.3, 0.4) is 0 Å². The van der Waals surface area contributed by atoms with Gasteiger partial charge < -0.3 is 10.1 Å². The van der Waals surface area contributed by atoms with Gasteiger partial charge in [0.15, 0.2) is 0 Å². The van der Waals surface area contributed by atoms with Crippen molar-refractivity contribution in [3.05, 3.63) is 23.2 Å². The molecule has 4 nitrogen and oxygen atoms in total. The van der Waals surface area contributed by atoms with Gasteiger partial charge in [-0.15, -0.1) is 0 Å². The number of anilines is 1. The summed E-state index contributed by atoms with van der Waals surface area (Å²) in [7, 11) is 1.58. The average Bonchev–Trinajstić information content (AvgIpc) is 2.37. The van der Waals surface area contributed by atoms with E-state index in [2.05, 4.69) is 24.1 Å². The van der Waals surface area contributed by atoms with Crippen LogP contribution < -0.4 is 10.1 Å². The average molecular weight is 311 g/mol. The Kier molecular flexibility index (Phi) is 5.48. The maximum Gasteiger partial charge on any atom is 0.238 e. The third-order valence-electron chi connectivity index (χ3n) is 3.75. The van der Waals surface area contributed by atoms with Gasteiger partial charge in [-0.05, 0) is 36.5 Å². The normalized spacial score (nSPS) is 22.9. The smallest absolute Gasteiger partial charge is 0.238 e. The first kappa shape index (κ1) is 16.1. The maximum atomic E-state index is 12.2. The van der Waals surface area contributed by atoms with E-state index in [4.69, 9.17) is 16.3 Å². The Morgan fingerprint density at radius 1 is 1.38 bits per heavy atom. The van der Waals surface area contributed by atoms with E-state index in [1.807, 2.05) is 0 Å². The summed E-state index contributed by atoms with van der Waals surface area (Å²) in [5.74, 6) is 1.87. The summed E-state index contributed by atoms with van der Waals surface area (Å²) in [5.41, 5.74) is 0.619. The lowest BCUT2D eigenvalue weighted by Gasteiger charge is -2.34. The molecule has 0 aliphatic carbocycles. The number of likely N-dealkylation sites (tertiary alicyclic amines) is 1. The SMILES string of the molecule is COc1ccc(Cl)cc1NC(=O)CN1C[C@H](C)C[C@H](C)C1. The van der Waals surface area contributed by atoms with Crippen molar-refractivity contribution >= 4 is 23.2 Å². The van der Waals surface area contributed by atoms with Gasteiger partial charge in [0.05, 0.1) is 19.3 Å². The fraction of sp³-hybridized carbons (Fsp3) is 0.562. The predicted octanol–water partition coefficient (Wildman–Crippen LogP) is 3.27. The summed E-state index contributed by atoms with van der Waals surface area (Å²) in [6, 6.07) is 5.20. The number of carbonyl (C=O) groups is 1. The zero-order valence-corrected chi connectivity index (χ0v) is 13.6. The topological polar surface area (TPSA) is 41.6 Å². The van der Waals surface area contributed by atoms with Crippen LogP contribution in [-0.4, -0.2) is 37.6 Å². The molecule has 0 spiro atoms. The summed E-state index contributed by atoms with van der Waals surface area (Å²) >= 11 is 5.97. The highest BCUT2D eigenvalue weighted by Crippen LogP contribution is 2.28. The summed E-state index contributed by atoms with van der Waals surface area (Å²) in [6.45, 7) is 6.83. The van der Waals surface area contributed by atoms with Crippen LogP contribution in [0.2, 0.25) is 5.02 Å². The molecule has 1 aliphatic heterocycles. The van der Waals surface area contributed by atoms with Crippen LogP contribution in [0.4, 0.5) is 5.69 Å². The predicted molar refractivity (Wildman–Crippen MR) is 86.0 cm³/mol. The first-order chi connectivity index (χ1) is 9.97. The largest absolute Gasteiger partial charge is 0.495 e. The lowest BCUT2D eigenvalue weighted by Crippen LogP contribution is -2.42. The summed E-state index contributed by atoms with van der Waals surface area (Å²) in [5, 5.41) is 3.46. The molecule has 1 aliphatic rings. The second-order valence-corrected chi connectivity index (χ2v) is 6.47. The maximum absolute atomic E-state index is 12.2. The molecule has 0 aromatic heterocycles. The number of carbonyl (C=O) groups excluding carboxylic acids is 1. The van der Waals surface area contributed by atoms with Crippen molar-refractivity contribution in [3.63, 3.8) is 0 Å². The minimum absolute atomic E-state index is 0.0307. The van der Waals surface area contributed by atoms with Crippen molar-refractivity contribution in [2.75, 3.05) is 32.1 Å². The Hall–Kier alpha value is -1.26. The zero-order valence-electron chi connectivity index (χ0n) is 12.9. The number of hydrogen-bond acceptors (Lipinski definition) is 3. The van der Waals surface area contributed by atoms with E-state index >= 15 is 0 Å². The highest BCUT2D eigenvalue weighted by molar-refractivity contribution is 6.31. The van der Waals surface area contributed by atoms with E-state index < -0.39 is 0 Å². The standard InChI is InChI=1S/C16H23ClN2O2/c1-11-6-12(2)9-19(8-11)10-16(20)18-14-7-13(17)4-5-15(14)21-3/h4-5,7,11-12H,6,8-10H2,1-3H3,(H,18,20)/t11-,12+. The van der Waals surface area contributed by atoms with Gasteiger partial charge in [0.1, 0.15) is 5.75 Å². The summed E-state index contributed by atoms with van der Waals surface area (Å²) < 4.78 is 5.24. The third-order valence-corrected chi connectivity index (χ3v) is 3.98. The van der Waals surface area contributed by atoms with E-state index in [9.17, 15) is 4.79 Å². The van der Waals surface area contributed by atoms with Crippen LogP contribution in [0.5, 0.6) is 5.75 Å². The molecule has 2 atom stereocenters. The first-order valence-corrected chi connectivity index (χ1v) is 7.71. The molecule has 1 heterocycles. The minimum atomic E-state index is -0.0307. The van der Waals surface area contributed by atoms with E-state index in [0.29, 0.717) is 34.8 Å². The molecular weight excluding hydrogens is 288 g/mol. The van der Waals surface area contributed by atoms with Gasteiger partial charge in [0.25, 0.3) is 0 Å². The van der Waals surface area contributed by atoms with Crippen LogP contribution in [0.15, 0.2) is 18.2 Å². The number of piperidine rings is 1. The van der Waals surface area contributed by atoms with Gasteiger partial charge in [0, 0.05) is 18.1 Å². The second-order valence-electron chi connectivity index (χ2n) is 6.03. The summed E-state index contributed by atoms with van der Waals surface area (Å²) in [4.78, 5) is 14.4. The van der Waals surface area contributed by atoms with Gasteiger partial charge in [-0.1, -0.05) is 25.4 Å². The molecule has 5 heteroatoms. The number of benzene rings is 1. The molecule has 0 unspecified atom stereocenters. The van der Waals surface area contributed by atoms with Gasteiger partial charge in [-0.3, -0.25) is 9.69 Å². The monoisotopic (exact) mass is 310 g/mol. The van der Waals surface area contributed by atoms with E-state index in [0.717, 1.165) is 13.1 Å². The summed E-state index contributed by atoms with van der Waals surface area (Å²) in [6.07, 6.45) is 1.24. The Bertz CT molecular complexity index is 497. The molecular formula is C16H23ClN2O2. The number of nitrogens with one attached hydrogen (secondary N) is 1. The Labute approximate surface area is 131 Å². The minimum Gasteiger partial charge on any atom is -0.495 e. The number of methoxy groups -OCH3 is 1. The van der Waals surface area contributed by atoms with E-state index in [-0.39, 0.29) is 5.91 Å². The number of amides is 1. The Morgan fingerprint density at radius 2 is 2.05 bits per heavy atom. The number of halogens is 1. The quantitative estimate of drug-likeness (QED) is 0.928. The number of rotatable bonds is 4. The van der Waals surface area contributed by atoms with Crippen LogP contribution in [0.25, 0.3) is 0 Å². The lowest BCUT2D eigenvalue weighted by molar-refractivity contribution is -0.117. The molecule has 1 saturated heterocycles. The molecule has 1 amide bonds. The van der Waals surface area contributed by atoms with Crippen LogP contribution in [0.1, 0.15) is 20.3 Å². The lowest BCUT2D eigenvalue weighted by atomic mass is 9.92. The van der Waals surface area contributed by atoms with Crippen molar-refractivity contribution in [2.24, 2.45) is 11.8 Å². The van der Waals surface area contributed by atoms with Gasteiger partial charge in [0.2, 0.25) is 5.91 Å². The molecule has 21 heavy (non-hydrogen) atoms. The van der Waals surface area contributed by atoms with Gasteiger partial charge in [-0.2, -0.15) is 0 Å². The number of hydrogen-bond donors (Lipinski definition) is 1. The molecule has 0 radical (unpaired) electrons. The Morgan fingerprint density at radius 3 is 2.67 bits per heavy atom. The third kappa shape index (κ3) is 4.61. The number of ether oxygens (including phenoxy) is 1. The molecule has 1 N–H and O–H groups in total. The molecule has 1 aromatic carbocycles. The van der Waals surface area contributed by atoms with Gasteiger partial charge in [-0.25, -0.2) is 0 Å². The molecule has 0 saturated carbocycles. The molecule has 1 aromatic rings. The highest BCUT2D eigenvalue weighted by Gasteiger charge is 2.23. The van der Waals surface area contributed by atoms with Crippen molar-refractivity contribution in [3.8, 4) is 5.75 Å². The fourth-order valence-electron chi connectivity index (χ4n) is 3.09. The second kappa shape index (κ2) is 7.14. The molecule has 1 fully saturated rings. The molecule has 116 valence electrons. The van der Waals surface area contributed by atoms with E-state index in [1.54, 1.807) is 25.3 Å². The van der Waals surface area contributed by atoms with Crippen molar-refractivity contribution < 1.29 is 9.53 Å².